The summed E-state index contributed by atoms with van der Waals surface area (Å²) in [5.74, 6) is -0.768. The number of nitrogens with one attached hydrogen (secondary N) is 2. The van der Waals surface area contributed by atoms with Gasteiger partial charge in [-0.2, -0.15) is 4.68 Å². The van der Waals surface area contributed by atoms with E-state index in [2.05, 4.69) is 10.7 Å². The van der Waals surface area contributed by atoms with Crippen molar-refractivity contribution in [1.82, 2.24) is 9.24 Å². The van der Waals surface area contributed by atoms with Gasteiger partial charge in [0.2, 0.25) is 0 Å². The molecule has 0 atom stereocenters. The largest absolute Gasteiger partial charge is 0.466 e. The summed E-state index contributed by atoms with van der Waals surface area (Å²) < 4.78 is 22.3. The number of hydrogen-bond donors (Lipinski definition) is 2. The first-order valence-electron chi connectivity index (χ1n) is 12.0. The minimum absolute atomic E-state index is 0.147. The third kappa shape index (κ3) is 5.94. The number of ether oxygens (including phenoxy) is 1. The van der Waals surface area contributed by atoms with E-state index in [4.69, 9.17) is 4.74 Å². The highest BCUT2D eigenvalue weighted by Crippen LogP contribution is 2.26. The van der Waals surface area contributed by atoms with Gasteiger partial charge in [0, 0.05) is 25.0 Å². The Morgan fingerprint density at radius 2 is 1.91 bits per heavy atom. The van der Waals surface area contributed by atoms with Crippen molar-refractivity contribution in [1.29, 1.82) is 0 Å². The summed E-state index contributed by atoms with van der Waals surface area (Å²) in [6, 6.07) is 2.78. The molecule has 3 rings (SSSR count). The van der Waals surface area contributed by atoms with Crippen LogP contribution in [0.15, 0.2) is 21.7 Å². The van der Waals surface area contributed by atoms with Gasteiger partial charge in [0.1, 0.15) is 5.82 Å². The normalized spacial score (nSPS) is 14.6. The van der Waals surface area contributed by atoms with Gasteiger partial charge in [0.15, 0.2) is 0 Å². The van der Waals surface area contributed by atoms with Crippen LogP contribution < -0.4 is 22.0 Å². The minimum Gasteiger partial charge on any atom is -0.466 e. The third-order valence-electron chi connectivity index (χ3n) is 6.04. The molecule has 33 heavy (non-hydrogen) atoms. The number of nitrogens with zero attached hydrogens (tertiary/aromatic N) is 2. The summed E-state index contributed by atoms with van der Waals surface area (Å²) in [6.45, 7) is 6.12. The van der Waals surface area contributed by atoms with Gasteiger partial charge in [-0.25, -0.2) is 9.18 Å². The van der Waals surface area contributed by atoms with Crippen LogP contribution in [0.25, 0.3) is 10.9 Å². The second-order valence-electron chi connectivity index (χ2n) is 8.89. The van der Waals surface area contributed by atoms with Crippen molar-refractivity contribution in [3.05, 3.63) is 38.8 Å². The van der Waals surface area contributed by atoms with Crippen LogP contribution in [0, 0.1) is 5.82 Å². The number of hydrogen-bond acceptors (Lipinski definition) is 6. The molecule has 1 heterocycles. The monoisotopic (exact) mass is 462 g/mol. The van der Waals surface area contributed by atoms with Crippen LogP contribution in [-0.2, 0) is 9.53 Å². The van der Waals surface area contributed by atoms with Crippen molar-refractivity contribution >= 4 is 22.6 Å². The Kier molecular flexibility index (Phi) is 8.52. The van der Waals surface area contributed by atoms with Gasteiger partial charge in [0.25, 0.3) is 5.56 Å². The number of carbonyl (C=O) groups excluding carboxylic acids is 1. The lowest BCUT2D eigenvalue weighted by molar-refractivity contribution is -0.143. The third-order valence-corrected chi connectivity index (χ3v) is 6.04. The first kappa shape index (κ1) is 24.8. The molecule has 0 bridgehead atoms. The molecule has 0 saturated heterocycles. The molecule has 9 heteroatoms. The van der Waals surface area contributed by atoms with Crippen LogP contribution in [-0.4, -0.2) is 34.4 Å². The highest BCUT2D eigenvalue weighted by Gasteiger charge is 2.20. The Morgan fingerprint density at radius 1 is 1.18 bits per heavy atom. The van der Waals surface area contributed by atoms with E-state index in [1.54, 1.807) is 13.0 Å². The molecule has 1 fully saturated rings. The number of halogens is 1. The first-order valence-corrected chi connectivity index (χ1v) is 12.0. The molecular weight excluding hydrogens is 427 g/mol. The average Bonchev–Trinajstić information content (AvgIpc) is 2.77. The summed E-state index contributed by atoms with van der Waals surface area (Å²) in [4.78, 5) is 37.7. The van der Waals surface area contributed by atoms with E-state index in [0.29, 0.717) is 37.2 Å². The molecule has 0 amide bonds. The highest BCUT2D eigenvalue weighted by molar-refractivity contribution is 5.82. The molecule has 0 spiro atoms. The lowest BCUT2D eigenvalue weighted by atomic mass is 9.95. The van der Waals surface area contributed by atoms with E-state index in [9.17, 15) is 18.8 Å². The molecule has 1 saturated carbocycles. The molecule has 0 radical (unpaired) electrons. The van der Waals surface area contributed by atoms with Gasteiger partial charge >= 0.3 is 11.7 Å². The number of fused-ring (bicyclic) bond motifs is 1. The fourth-order valence-corrected chi connectivity index (χ4v) is 4.38. The van der Waals surface area contributed by atoms with Crippen molar-refractivity contribution in [3.63, 3.8) is 0 Å². The van der Waals surface area contributed by atoms with Crippen LogP contribution in [0.2, 0.25) is 0 Å². The van der Waals surface area contributed by atoms with Crippen molar-refractivity contribution in [3.8, 4) is 0 Å². The zero-order valence-corrected chi connectivity index (χ0v) is 19.8. The van der Waals surface area contributed by atoms with Gasteiger partial charge in [-0.3, -0.25) is 14.2 Å². The summed E-state index contributed by atoms with van der Waals surface area (Å²) in [5, 5.41) is 3.42. The van der Waals surface area contributed by atoms with Crippen molar-refractivity contribution in [2.45, 2.75) is 84.2 Å². The number of unbranched alkanes of at least 4 members (excludes halogenated alkanes) is 1. The van der Waals surface area contributed by atoms with Crippen LogP contribution >= 0.6 is 0 Å². The Balaban J connectivity index is 1.87. The standard InChI is InChI=1S/C24H35FN4O4/c1-4-33-22(30)12-8-9-13-26-29-23(31)18-14-19(25)20(27-17-10-6-5-7-11-17)15-21(18)28(16(2)3)24(29)32/h14-17,26-27H,4-13H2,1-3H3. The highest BCUT2D eigenvalue weighted by atomic mass is 19.1. The first-order chi connectivity index (χ1) is 15.8. The van der Waals surface area contributed by atoms with Gasteiger partial charge < -0.3 is 15.5 Å². The Bertz CT molecular complexity index is 1090. The van der Waals surface area contributed by atoms with Gasteiger partial charge in [0.05, 0.1) is 23.2 Å². The molecule has 0 aliphatic heterocycles. The van der Waals surface area contributed by atoms with Gasteiger partial charge in [-0.05, 0) is 58.6 Å². The lowest BCUT2D eigenvalue weighted by Gasteiger charge is -2.25. The molecule has 0 unspecified atom stereocenters. The second kappa shape index (κ2) is 11.3. The van der Waals surface area contributed by atoms with E-state index >= 15 is 0 Å². The summed E-state index contributed by atoms with van der Waals surface area (Å²) in [6.07, 6.45) is 6.80. The maximum absolute atomic E-state index is 14.9. The summed E-state index contributed by atoms with van der Waals surface area (Å²) >= 11 is 0. The molecule has 2 aromatic rings. The number of carbonyl (C=O) groups is 1. The quantitative estimate of drug-likeness (QED) is 0.411. The van der Waals surface area contributed by atoms with Crippen LogP contribution in [0.1, 0.15) is 78.2 Å². The number of anilines is 1. The molecule has 2 N–H and O–H groups in total. The molecule has 8 nitrogen and oxygen atoms in total. The maximum Gasteiger partial charge on any atom is 0.350 e. The average molecular weight is 463 g/mol. The van der Waals surface area contributed by atoms with Crippen LogP contribution in [0.5, 0.6) is 0 Å². The maximum atomic E-state index is 14.9. The van der Waals surface area contributed by atoms with E-state index in [1.165, 1.54) is 17.1 Å². The molecule has 1 aromatic carbocycles. The zero-order chi connectivity index (χ0) is 24.0. The number of benzene rings is 1. The second-order valence-corrected chi connectivity index (χ2v) is 8.89. The Morgan fingerprint density at radius 3 is 2.58 bits per heavy atom. The fraction of sp³-hybridized carbons (Fsp3) is 0.625. The molecule has 1 aliphatic rings. The lowest BCUT2D eigenvalue weighted by Crippen LogP contribution is -2.45. The SMILES string of the molecule is CCOC(=O)CCCCNn1c(=O)c2cc(F)c(NC3CCCCC3)cc2n(C(C)C)c1=O. The van der Waals surface area contributed by atoms with Gasteiger partial charge in [-0.1, -0.05) is 19.3 Å². The number of rotatable bonds is 10. The van der Waals surface area contributed by atoms with Crippen molar-refractivity contribution in [2.75, 3.05) is 23.9 Å². The predicted octanol–water partition coefficient (Wildman–Crippen LogP) is 3.90. The topological polar surface area (TPSA) is 94.4 Å². The van der Waals surface area contributed by atoms with E-state index in [-0.39, 0.29) is 29.9 Å². The van der Waals surface area contributed by atoms with E-state index in [1.807, 2.05) is 13.8 Å². The number of esters is 1. The Hall–Kier alpha value is -2.84. The van der Waals surface area contributed by atoms with Crippen LogP contribution in [0.3, 0.4) is 0 Å². The van der Waals surface area contributed by atoms with E-state index < -0.39 is 17.1 Å². The fourth-order valence-electron chi connectivity index (χ4n) is 4.38. The van der Waals surface area contributed by atoms with Crippen molar-refractivity contribution < 1.29 is 13.9 Å². The predicted molar refractivity (Wildman–Crippen MR) is 128 cm³/mol. The zero-order valence-electron chi connectivity index (χ0n) is 19.8. The van der Waals surface area contributed by atoms with Crippen LogP contribution in [0.4, 0.5) is 10.1 Å². The minimum atomic E-state index is -0.583. The van der Waals surface area contributed by atoms with Gasteiger partial charge in [-0.15, -0.1) is 0 Å². The van der Waals surface area contributed by atoms with Crippen molar-refractivity contribution in [2.24, 2.45) is 0 Å². The molecule has 1 aromatic heterocycles. The van der Waals surface area contributed by atoms with E-state index in [0.717, 1.165) is 30.4 Å². The number of aromatic nitrogens is 2. The smallest absolute Gasteiger partial charge is 0.350 e. The molecule has 1 aliphatic carbocycles. The summed E-state index contributed by atoms with van der Waals surface area (Å²) in [5.41, 5.74) is 2.52. The molecule has 182 valence electrons. The Labute approximate surface area is 193 Å². The summed E-state index contributed by atoms with van der Waals surface area (Å²) in [7, 11) is 0. The molecular formula is C24H35FN4O4.